The molecule has 1 saturated heterocycles. The second-order valence-electron chi connectivity index (χ2n) is 5.40. The fraction of sp³-hybridized carbons (Fsp3) is 0.692. The molecule has 19 heavy (non-hydrogen) atoms. The smallest absolute Gasteiger partial charge is 0.323 e. The van der Waals surface area contributed by atoms with Crippen molar-refractivity contribution in [3.05, 3.63) is 11.1 Å². The Balaban J connectivity index is 1.89. The molecule has 2 N–H and O–H groups in total. The molecule has 1 aromatic heterocycles. The first-order chi connectivity index (χ1) is 9.04. The van der Waals surface area contributed by atoms with Gasteiger partial charge in [-0.25, -0.2) is 9.78 Å². The number of urea groups is 1. The molecule has 2 heterocycles. The number of carbonyl (C=O) groups is 1. The number of aromatic nitrogens is 1. The molecule has 5 nitrogen and oxygen atoms in total. The lowest BCUT2D eigenvalue weighted by Gasteiger charge is -2.29. The Kier molecular flexibility index (Phi) is 4.76. The van der Waals surface area contributed by atoms with Crippen LogP contribution in [0.1, 0.15) is 31.6 Å². The number of hydrogen-bond acceptors (Lipinski definition) is 4. The van der Waals surface area contributed by atoms with Gasteiger partial charge < -0.3 is 10.0 Å². The summed E-state index contributed by atoms with van der Waals surface area (Å²) in [5, 5.41) is 13.0. The minimum absolute atomic E-state index is 0.163. The summed E-state index contributed by atoms with van der Waals surface area (Å²) in [4.78, 5) is 19.1. The molecule has 1 fully saturated rings. The van der Waals surface area contributed by atoms with Gasteiger partial charge in [-0.3, -0.25) is 5.32 Å². The lowest BCUT2D eigenvalue weighted by molar-refractivity contribution is 0.0883. The number of anilines is 1. The molecule has 2 rings (SSSR count). The van der Waals surface area contributed by atoms with Gasteiger partial charge in [0.15, 0.2) is 5.13 Å². The van der Waals surface area contributed by atoms with Crippen LogP contribution in [0.2, 0.25) is 0 Å². The van der Waals surface area contributed by atoms with Crippen LogP contribution in [0.3, 0.4) is 0 Å². The molecule has 0 saturated carbocycles. The van der Waals surface area contributed by atoms with Crippen molar-refractivity contribution in [1.82, 2.24) is 9.88 Å². The average molecular weight is 283 g/mol. The summed E-state index contributed by atoms with van der Waals surface area (Å²) >= 11 is 1.52. The van der Waals surface area contributed by atoms with Crippen LogP contribution in [0.15, 0.2) is 6.20 Å². The summed E-state index contributed by atoms with van der Waals surface area (Å²) in [7, 11) is 0. The van der Waals surface area contributed by atoms with Gasteiger partial charge in [0.25, 0.3) is 0 Å². The van der Waals surface area contributed by atoms with Gasteiger partial charge in [0.2, 0.25) is 0 Å². The highest BCUT2D eigenvalue weighted by Gasteiger charge is 2.22. The zero-order valence-electron chi connectivity index (χ0n) is 11.4. The molecule has 1 atom stereocenters. The summed E-state index contributed by atoms with van der Waals surface area (Å²) in [5.74, 6) is 0.584. The maximum atomic E-state index is 12.0. The van der Waals surface area contributed by atoms with E-state index in [4.69, 9.17) is 0 Å². The van der Waals surface area contributed by atoms with E-state index in [0.29, 0.717) is 24.1 Å². The summed E-state index contributed by atoms with van der Waals surface area (Å²) < 4.78 is 0. The molecule has 1 aliphatic heterocycles. The largest absolute Gasteiger partial charge is 0.391 e. The van der Waals surface area contributed by atoms with Crippen LogP contribution in [0, 0.1) is 5.92 Å². The number of likely N-dealkylation sites (tertiary alicyclic amines) is 1. The third-order valence-electron chi connectivity index (χ3n) is 3.06. The first-order valence-electron chi connectivity index (χ1n) is 6.73. The molecule has 0 aromatic carbocycles. The lowest BCUT2D eigenvalue weighted by atomic mass is 10.1. The van der Waals surface area contributed by atoms with Crippen molar-refractivity contribution in [2.75, 3.05) is 18.4 Å². The second kappa shape index (κ2) is 6.34. The van der Waals surface area contributed by atoms with E-state index in [1.807, 2.05) is 6.20 Å². The number of aliphatic hydroxyl groups excluding tert-OH is 1. The van der Waals surface area contributed by atoms with Gasteiger partial charge in [-0.15, -0.1) is 11.3 Å². The number of piperidine rings is 1. The predicted molar refractivity (Wildman–Crippen MR) is 76.5 cm³/mol. The molecule has 1 aliphatic rings. The highest BCUT2D eigenvalue weighted by molar-refractivity contribution is 7.15. The normalized spacial score (nSPS) is 19.8. The minimum atomic E-state index is -0.396. The number of amides is 2. The number of thiazole rings is 1. The Morgan fingerprint density at radius 3 is 3.16 bits per heavy atom. The third-order valence-corrected chi connectivity index (χ3v) is 4.00. The summed E-state index contributed by atoms with van der Waals surface area (Å²) in [6.07, 6.45) is 4.04. The van der Waals surface area contributed by atoms with E-state index in [0.717, 1.165) is 19.3 Å². The van der Waals surface area contributed by atoms with Crippen LogP contribution < -0.4 is 5.32 Å². The van der Waals surface area contributed by atoms with Crippen molar-refractivity contribution in [2.24, 2.45) is 5.92 Å². The van der Waals surface area contributed by atoms with Crippen LogP contribution in [-0.2, 0) is 6.42 Å². The molecule has 1 aromatic rings. The molecule has 0 aliphatic carbocycles. The standard InChI is InChI=1S/C13H21N3O2S/c1-9(2)6-11-7-14-12(19-11)15-13(18)16-5-3-4-10(17)8-16/h7,9-10,17H,3-6,8H2,1-2H3,(H,14,15,18)/t10-/m1/s1. The van der Waals surface area contributed by atoms with Crippen molar-refractivity contribution >= 4 is 22.5 Å². The van der Waals surface area contributed by atoms with Gasteiger partial charge in [-0.1, -0.05) is 13.8 Å². The van der Waals surface area contributed by atoms with Crippen molar-refractivity contribution in [1.29, 1.82) is 0 Å². The van der Waals surface area contributed by atoms with Gasteiger partial charge in [-0.05, 0) is 25.2 Å². The van der Waals surface area contributed by atoms with Crippen molar-refractivity contribution < 1.29 is 9.90 Å². The maximum absolute atomic E-state index is 12.0. The molecule has 0 bridgehead atoms. The Morgan fingerprint density at radius 1 is 1.68 bits per heavy atom. The first-order valence-corrected chi connectivity index (χ1v) is 7.55. The van der Waals surface area contributed by atoms with E-state index >= 15 is 0 Å². The van der Waals surface area contributed by atoms with Crippen LogP contribution >= 0.6 is 11.3 Å². The Hall–Kier alpha value is -1.14. The first kappa shape index (κ1) is 14.3. The van der Waals surface area contributed by atoms with Crippen molar-refractivity contribution in [2.45, 2.75) is 39.2 Å². The molecule has 0 unspecified atom stereocenters. The van der Waals surface area contributed by atoms with E-state index in [9.17, 15) is 9.90 Å². The topological polar surface area (TPSA) is 65.5 Å². The highest BCUT2D eigenvalue weighted by atomic mass is 32.1. The van der Waals surface area contributed by atoms with E-state index in [1.165, 1.54) is 16.2 Å². The average Bonchev–Trinajstić information content (AvgIpc) is 2.75. The number of aliphatic hydroxyl groups is 1. The Morgan fingerprint density at radius 2 is 2.47 bits per heavy atom. The van der Waals surface area contributed by atoms with Gasteiger partial charge in [-0.2, -0.15) is 0 Å². The third kappa shape index (κ3) is 4.18. The quantitative estimate of drug-likeness (QED) is 0.894. The Bertz CT molecular complexity index is 433. The number of hydrogen-bond donors (Lipinski definition) is 2. The fourth-order valence-corrected chi connectivity index (χ4v) is 3.19. The van der Waals surface area contributed by atoms with Gasteiger partial charge in [0.1, 0.15) is 0 Å². The summed E-state index contributed by atoms with van der Waals surface area (Å²) in [6, 6.07) is -0.163. The summed E-state index contributed by atoms with van der Waals surface area (Å²) in [6.45, 7) is 5.43. The predicted octanol–water partition coefficient (Wildman–Crippen LogP) is 2.33. The van der Waals surface area contributed by atoms with Gasteiger partial charge >= 0.3 is 6.03 Å². The number of nitrogens with one attached hydrogen (secondary N) is 1. The van der Waals surface area contributed by atoms with E-state index < -0.39 is 6.10 Å². The summed E-state index contributed by atoms with van der Waals surface area (Å²) in [5.41, 5.74) is 0. The molecular weight excluding hydrogens is 262 g/mol. The number of β-amino-alcohol motifs (C(OH)–C–C–N with tert-alkyl or cyclic N) is 1. The monoisotopic (exact) mass is 283 g/mol. The molecule has 0 radical (unpaired) electrons. The molecule has 0 spiro atoms. The molecule has 2 amide bonds. The van der Waals surface area contributed by atoms with Crippen LogP contribution in [-0.4, -0.2) is 40.2 Å². The fourth-order valence-electron chi connectivity index (χ4n) is 2.17. The van der Waals surface area contributed by atoms with Crippen molar-refractivity contribution in [3.8, 4) is 0 Å². The maximum Gasteiger partial charge on any atom is 0.323 e. The Labute approximate surface area is 117 Å². The lowest BCUT2D eigenvalue weighted by Crippen LogP contribution is -2.44. The second-order valence-corrected chi connectivity index (χ2v) is 6.52. The van der Waals surface area contributed by atoms with Gasteiger partial charge in [0, 0.05) is 24.2 Å². The number of nitrogens with zero attached hydrogens (tertiary/aromatic N) is 2. The van der Waals surface area contributed by atoms with Crippen LogP contribution in [0.25, 0.3) is 0 Å². The number of carbonyl (C=O) groups excluding carboxylic acids is 1. The zero-order chi connectivity index (χ0) is 13.8. The van der Waals surface area contributed by atoms with E-state index in [-0.39, 0.29) is 6.03 Å². The van der Waals surface area contributed by atoms with E-state index in [1.54, 1.807) is 4.90 Å². The SMILES string of the molecule is CC(C)Cc1cnc(NC(=O)N2CCC[C@@H](O)C2)s1. The minimum Gasteiger partial charge on any atom is -0.391 e. The van der Waals surface area contributed by atoms with Crippen LogP contribution in [0.4, 0.5) is 9.93 Å². The van der Waals surface area contributed by atoms with Crippen molar-refractivity contribution in [3.63, 3.8) is 0 Å². The van der Waals surface area contributed by atoms with Gasteiger partial charge in [0.05, 0.1) is 6.10 Å². The highest BCUT2D eigenvalue weighted by Crippen LogP contribution is 2.21. The zero-order valence-corrected chi connectivity index (χ0v) is 12.2. The molecular formula is C13H21N3O2S. The van der Waals surface area contributed by atoms with E-state index in [2.05, 4.69) is 24.1 Å². The van der Waals surface area contributed by atoms with Crippen LogP contribution in [0.5, 0.6) is 0 Å². The number of rotatable bonds is 3. The molecule has 106 valence electrons. The molecule has 6 heteroatoms.